The first kappa shape index (κ1) is 20.6. The van der Waals surface area contributed by atoms with Crippen LogP contribution in [0.2, 0.25) is 5.02 Å². The van der Waals surface area contributed by atoms with E-state index in [2.05, 4.69) is 41.9 Å². The van der Waals surface area contributed by atoms with E-state index in [1.165, 1.54) is 0 Å². The number of pyridine rings is 1. The minimum atomic E-state index is -5.17. The van der Waals surface area contributed by atoms with Crippen molar-refractivity contribution in [2.75, 3.05) is 0 Å². The van der Waals surface area contributed by atoms with Crippen LogP contribution in [0.4, 0.5) is 26.3 Å². The van der Waals surface area contributed by atoms with E-state index in [0.29, 0.717) is 18.7 Å². The molecule has 0 bridgehead atoms. The molecule has 0 spiro atoms. The van der Waals surface area contributed by atoms with Crippen LogP contribution in [-0.2, 0) is 6.18 Å². The van der Waals surface area contributed by atoms with Gasteiger partial charge in [0.15, 0.2) is 5.82 Å². The Kier molecular flexibility index (Phi) is 4.92. The number of carbonyl (C=O) groups is 1. The van der Waals surface area contributed by atoms with Crippen LogP contribution in [0.1, 0.15) is 34.0 Å². The highest BCUT2D eigenvalue weighted by atomic mass is 79.9. The minimum Gasteiger partial charge on any atom is -0.282 e. The predicted molar refractivity (Wildman–Crippen MR) is 89.7 cm³/mol. The summed E-state index contributed by atoms with van der Waals surface area (Å²) < 4.78 is 76.8. The number of hydrogen-bond acceptors (Lipinski definition) is 3. The van der Waals surface area contributed by atoms with Crippen LogP contribution < -0.4 is 0 Å². The molecule has 3 rings (SSSR count). The van der Waals surface area contributed by atoms with Crippen LogP contribution in [0.3, 0.4) is 0 Å². The summed E-state index contributed by atoms with van der Waals surface area (Å²) in [5.74, 6) is -3.00. The van der Waals surface area contributed by atoms with Gasteiger partial charge in [-0.05, 0) is 12.5 Å². The van der Waals surface area contributed by atoms with E-state index in [-0.39, 0.29) is 11.4 Å². The summed E-state index contributed by atoms with van der Waals surface area (Å²) in [6.45, 7) is 0. The smallest absolute Gasteiger partial charge is 0.282 e. The van der Waals surface area contributed by atoms with Gasteiger partial charge in [0.05, 0.1) is 13.8 Å². The van der Waals surface area contributed by atoms with Gasteiger partial charge in [0.25, 0.3) is 5.78 Å². The van der Waals surface area contributed by atoms with Crippen molar-refractivity contribution in [1.82, 2.24) is 14.8 Å². The zero-order chi connectivity index (χ0) is 20.4. The average Bonchev–Trinajstić information content (AvgIpc) is 2.96. The lowest BCUT2D eigenvalue weighted by Gasteiger charge is -2.09. The van der Waals surface area contributed by atoms with Crippen LogP contribution in [0.15, 0.2) is 18.5 Å². The number of hydrogen-bond donors (Lipinski definition) is 0. The molecule has 13 heteroatoms. The number of alkyl halides is 8. The first-order chi connectivity index (χ1) is 12.2. The first-order valence-corrected chi connectivity index (χ1v) is 9.00. The van der Waals surface area contributed by atoms with E-state index in [0.717, 1.165) is 10.9 Å². The van der Waals surface area contributed by atoms with Crippen molar-refractivity contribution in [3.8, 4) is 5.82 Å². The third-order valence-electron chi connectivity index (χ3n) is 3.78. The maximum atomic E-state index is 12.9. The Bertz CT molecular complexity index is 925. The molecule has 1 aliphatic carbocycles. The SMILES string of the molecule is O=C(c1nn(-c2ncc(C(F)(F)F)cc2Cl)cc1C1CC1(Br)Br)C(F)(F)F. The molecule has 27 heavy (non-hydrogen) atoms. The molecule has 4 nitrogen and oxygen atoms in total. The van der Waals surface area contributed by atoms with Gasteiger partial charge in [0.2, 0.25) is 0 Å². The third kappa shape index (κ3) is 4.02. The molecule has 0 aromatic carbocycles. The average molecular weight is 541 g/mol. The van der Waals surface area contributed by atoms with E-state index in [4.69, 9.17) is 11.6 Å². The summed E-state index contributed by atoms with van der Waals surface area (Å²) in [6.07, 6.45) is -7.90. The van der Waals surface area contributed by atoms with Crippen molar-refractivity contribution in [2.24, 2.45) is 0 Å². The molecule has 0 saturated heterocycles. The van der Waals surface area contributed by atoms with Crippen molar-refractivity contribution >= 4 is 49.2 Å². The molecule has 1 atom stereocenters. The maximum absolute atomic E-state index is 12.9. The van der Waals surface area contributed by atoms with Crippen LogP contribution in [0.25, 0.3) is 5.82 Å². The van der Waals surface area contributed by atoms with Crippen molar-refractivity contribution in [3.05, 3.63) is 40.3 Å². The van der Waals surface area contributed by atoms with E-state index >= 15 is 0 Å². The van der Waals surface area contributed by atoms with Gasteiger partial charge in [0.1, 0.15) is 5.69 Å². The van der Waals surface area contributed by atoms with Crippen LogP contribution in [-0.4, -0.2) is 30.0 Å². The van der Waals surface area contributed by atoms with Crippen molar-refractivity contribution in [2.45, 2.75) is 27.9 Å². The summed E-state index contributed by atoms with van der Waals surface area (Å²) in [5.41, 5.74) is -2.01. The fourth-order valence-corrected chi connectivity index (χ4v) is 3.76. The van der Waals surface area contributed by atoms with Gasteiger partial charge in [-0.1, -0.05) is 43.5 Å². The Morgan fingerprint density at radius 3 is 2.30 bits per heavy atom. The summed E-state index contributed by atoms with van der Waals surface area (Å²) in [7, 11) is 0. The quantitative estimate of drug-likeness (QED) is 0.287. The predicted octanol–water partition coefficient (Wildman–Crippen LogP) is 5.66. The lowest BCUT2D eigenvalue weighted by atomic mass is 10.1. The summed E-state index contributed by atoms with van der Waals surface area (Å²) >= 11 is 12.3. The van der Waals surface area contributed by atoms with Gasteiger partial charge < -0.3 is 0 Å². The molecular weight excluding hydrogens is 535 g/mol. The Labute approximate surface area is 169 Å². The van der Waals surface area contributed by atoms with Gasteiger partial charge in [-0.2, -0.15) is 31.4 Å². The molecule has 2 aromatic rings. The number of rotatable bonds is 3. The number of ketones is 1. The summed E-state index contributed by atoms with van der Waals surface area (Å²) in [5, 5.41) is 3.12. The molecule has 0 amide bonds. The Morgan fingerprint density at radius 2 is 1.85 bits per heavy atom. The first-order valence-electron chi connectivity index (χ1n) is 7.04. The third-order valence-corrected chi connectivity index (χ3v) is 5.81. The number of halogens is 9. The minimum absolute atomic E-state index is 0.0242. The summed E-state index contributed by atoms with van der Waals surface area (Å²) in [6, 6.07) is 0.576. The van der Waals surface area contributed by atoms with E-state index in [1.807, 2.05) is 0 Å². The van der Waals surface area contributed by atoms with E-state index in [1.54, 1.807) is 0 Å². The Morgan fingerprint density at radius 1 is 1.26 bits per heavy atom. The molecule has 1 fully saturated rings. The highest BCUT2D eigenvalue weighted by molar-refractivity contribution is 9.25. The highest BCUT2D eigenvalue weighted by Crippen LogP contribution is 2.62. The van der Waals surface area contributed by atoms with Gasteiger partial charge in [-0.15, -0.1) is 0 Å². The van der Waals surface area contributed by atoms with Crippen molar-refractivity contribution in [3.63, 3.8) is 0 Å². The molecular formula is C14H6Br2ClF6N3O. The lowest BCUT2D eigenvalue weighted by Crippen LogP contribution is -2.24. The molecule has 0 aliphatic heterocycles. The largest absolute Gasteiger partial charge is 0.456 e. The van der Waals surface area contributed by atoms with Crippen LogP contribution >= 0.6 is 43.5 Å². The molecule has 1 aliphatic rings. The second-order valence-electron chi connectivity index (χ2n) is 5.75. The molecule has 0 N–H and O–H groups in total. The maximum Gasteiger partial charge on any atom is 0.456 e. The number of nitrogens with zero attached hydrogens (tertiary/aromatic N) is 3. The number of carbonyl (C=O) groups excluding carboxylic acids is 1. The molecule has 1 saturated carbocycles. The Balaban J connectivity index is 2.09. The molecule has 0 radical (unpaired) electrons. The monoisotopic (exact) mass is 539 g/mol. The second kappa shape index (κ2) is 6.45. The lowest BCUT2D eigenvalue weighted by molar-refractivity contribution is -0.137. The second-order valence-corrected chi connectivity index (χ2v) is 10.1. The highest BCUT2D eigenvalue weighted by Gasteiger charge is 2.55. The van der Waals surface area contributed by atoms with Crippen LogP contribution in [0.5, 0.6) is 0 Å². The van der Waals surface area contributed by atoms with Crippen molar-refractivity contribution in [1.29, 1.82) is 0 Å². The van der Waals surface area contributed by atoms with Crippen molar-refractivity contribution < 1.29 is 31.1 Å². The molecule has 146 valence electrons. The zero-order valence-electron chi connectivity index (χ0n) is 12.7. The van der Waals surface area contributed by atoms with E-state index < -0.39 is 43.6 Å². The fraction of sp³-hybridized carbons (Fsp3) is 0.357. The van der Waals surface area contributed by atoms with Gasteiger partial charge in [0, 0.05) is 23.9 Å². The molecule has 2 heterocycles. The van der Waals surface area contributed by atoms with Gasteiger partial charge in [-0.25, -0.2) is 9.67 Å². The molecule has 1 unspecified atom stereocenters. The molecule has 2 aromatic heterocycles. The Hall–Kier alpha value is -1.14. The zero-order valence-corrected chi connectivity index (χ0v) is 16.6. The number of aromatic nitrogens is 3. The standard InChI is InChI=1S/C14H6Br2ClF6N3O/c15-12(16)2-7(12)6-4-26(25-9(6)10(27)14(21,22)23)11-8(17)1-5(3-24-11)13(18,19)20/h1,3-4,7H,2H2. The van der Waals surface area contributed by atoms with Gasteiger partial charge in [-0.3, -0.25) is 4.79 Å². The fourth-order valence-electron chi connectivity index (χ4n) is 2.37. The van der Waals surface area contributed by atoms with E-state index in [9.17, 15) is 31.1 Å². The number of Topliss-reactive ketones (excluding diaryl/α,β-unsaturated/α-hetero) is 1. The normalized spacial score (nSPS) is 19.2. The summed E-state index contributed by atoms with van der Waals surface area (Å²) in [4.78, 5) is 15.3. The van der Waals surface area contributed by atoms with Gasteiger partial charge >= 0.3 is 12.4 Å². The topological polar surface area (TPSA) is 47.8 Å². The van der Waals surface area contributed by atoms with Crippen LogP contribution in [0, 0.1) is 0 Å².